The van der Waals surface area contributed by atoms with Crippen LogP contribution < -0.4 is 0 Å². The summed E-state index contributed by atoms with van der Waals surface area (Å²) in [6, 6.07) is 7.50. The van der Waals surface area contributed by atoms with Crippen molar-refractivity contribution < 1.29 is 5.11 Å². The number of hydrogen-bond acceptors (Lipinski definition) is 2. The fourth-order valence-electron chi connectivity index (χ4n) is 2.27. The van der Waals surface area contributed by atoms with E-state index in [1.54, 1.807) is 0 Å². The third kappa shape index (κ3) is 4.13. The van der Waals surface area contributed by atoms with Crippen LogP contribution in [0.25, 0.3) is 0 Å². The maximum Gasteiger partial charge on any atom is 0.0931 e. The van der Waals surface area contributed by atoms with Gasteiger partial charge in [0.2, 0.25) is 0 Å². The second kappa shape index (κ2) is 7.34. The van der Waals surface area contributed by atoms with Crippen molar-refractivity contribution in [1.82, 2.24) is 4.90 Å². The molecule has 0 saturated carbocycles. The van der Waals surface area contributed by atoms with Crippen molar-refractivity contribution in [3.63, 3.8) is 0 Å². The molecule has 104 valence electrons. The Morgan fingerprint density at radius 3 is 2.17 bits per heavy atom. The zero-order valence-corrected chi connectivity index (χ0v) is 13.1. The van der Waals surface area contributed by atoms with Crippen LogP contribution in [0, 0.1) is 5.92 Å². The lowest BCUT2D eigenvalue weighted by molar-refractivity contribution is -0.0291. The number of benzene rings is 1. The molecule has 0 radical (unpaired) electrons. The Hall–Kier alpha value is -0.280. The molecule has 1 N–H and O–H groups in total. The van der Waals surface area contributed by atoms with Crippen molar-refractivity contribution in [1.29, 1.82) is 0 Å². The van der Waals surface area contributed by atoms with Gasteiger partial charge in [0.15, 0.2) is 0 Å². The summed E-state index contributed by atoms with van der Waals surface area (Å²) in [5.74, 6) is 0.170. The summed E-state index contributed by atoms with van der Waals surface area (Å²) in [5.41, 5.74) is 0.160. The van der Waals surface area contributed by atoms with E-state index in [1.807, 2.05) is 45.3 Å². The molecule has 2 atom stereocenters. The Balaban J connectivity index is 0.00000289. The van der Waals surface area contributed by atoms with E-state index < -0.39 is 5.60 Å². The molecular formula is C14H23Cl2NO. The third-order valence-electron chi connectivity index (χ3n) is 3.34. The minimum atomic E-state index is -0.783. The van der Waals surface area contributed by atoms with E-state index in [-0.39, 0.29) is 18.3 Å². The van der Waals surface area contributed by atoms with Crippen LogP contribution in [0.1, 0.15) is 25.8 Å². The van der Waals surface area contributed by atoms with Gasteiger partial charge in [0.25, 0.3) is 0 Å². The summed E-state index contributed by atoms with van der Waals surface area (Å²) >= 11 is 5.88. The first-order chi connectivity index (χ1) is 7.90. The average molecular weight is 292 g/mol. The number of halogens is 2. The molecule has 0 saturated heterocycles. The van der Waals surface area contributed by atoms with Crippen LogP contribution in [0.2, 0.25) is 5.02 Å². The molecule has 0 aromatic heterocycles. The van der Waals surface area contributed by atoms with Crippen LogP contribution in [0.3, 0.4) is 0 Å². The Labute approximate surface area is 121 Å². The quantitative estimate of drug-likeness (QED) is 0.897. The highest BCUT2D eigenvalue weighted by atomic mass is 35.5. The van der Waals surface area contributed by atoms with E-state index in [0.29, 0.717) is 11.4 Å². The molecule has 1 aromatic rings. The summed E-state index contributed by atoms with van der Waals surface area (Å²) in [5, 5.41) is 11.5. The molecule has 0 aliphatic rings. The second-order valence-electron chi connectivity index (χ2n) is 4.95. The van der Waals surface area contributed by atoms with Crippen LogP contribution >= 0.6 is 24.0 Å². The second-order valence-corrected chi connectivity index (χ2v) is 5.38. The van der Waals surface area contributed by atoms with Gasteiger partial charge in [-0.05, 0) is 38.2 Å². The molecule has 1 rings (SSSR count). The predicted molar refractivity (Wildman–Crippen MR) is 80.6 cm³/mol. The summed E-state index contributed by atoms with van der Waals surface area (Å²) in [6.07, 6.45) is 0.698. The molecule has 2 unspecified atom stereocenters. The molecule has 0 heterocycles. The van der Waals surface area contributed by atoms with E-state index in [9.17, 15) is 5.11 Å². The van der Waals surface area contributed by atoms with Gasteiger partial charge in [-0.1, -0.05) is 37.6 Å². The standard InChI is InChI=1S/C14H22ClNO.ClH/c1-5-14(17,11(2)10-16(3)4)12-6-8-13(15)9-7-12;/h6-9,11,17H,5,10H2,1-4H3;1H. The fraction of sp³-hybridized carbons (Fsp3) is 0.571. The van der Waals surface area contributed by atoms with Gasteiger partial charge in [0.1, 0.15) is 0 Å². The van der Waals surface area contributed by atoms with E-state index in [0.717, 1.165) is 12.1 Å². The molecule has 0 aliphatic heterocycles. The van der Waals surface area contributed by atoms with Crippen LogP contribution in [0.5, 0.6) is 0 Å². The maximum absolute atomic E-state index is 10.8. The summed E-state index contributed by atoms with van der Waals surface area (Å²) < 4.78 is 0. The molecule has 0 spiro atoms. The minimum absolute atomic E-state index is 0. The molecule has 0 fully saturated rings. The van der Waals surface area contributed by atoms with Crippen molar-refractivity contribution in [3.05, 3.63) is 34.9 Å². The number of rotatable bonds is 5. The lowest BCUT2D eigenvalue weighted by Gasteiger charge is -2.35. The number of nitrogens with zero attached hydrogens (tertiary/aromatic N) is 1. The normalized spacial score (nSPS) is 15.9. The highest BCUT2D eigenvalue weighted by Crippen LogP contribution is 2.33. The fourth-order valence-corrected chi connectivity index (χ4v) is 2.40. The SMILES string of the molecule is CCC(O)(c1ccc(Cl)cc1)C(C)CN(C)C.Cl. The number of aliphatic hydroxyl groups is 1. The first-order valence-corrected chi connectivity index (χ1v) is 6.41. The van der Waals surface area contributed by atoms with Gasteiger partial charge >= 0.3 is 0 Å². The summed E-state index contributed by atoms with van der Waals surface area (Å²) in [4.78, 5) is 2.10. The molecule has 1 aromatic carbocycles. The predicted octanol–water partition coefficient (Wildman–Crippen LogP) is 3.56. The Morgan fingerprint density at radius 1 is 1.28 bits per heavy atom. The molecule has 0 bridgehead atoms. The zero-order valence-electron chi connectivity index (χ0n) is 11.5. The van der Waals surface area contributed by atoms with Crippen LogP contribution in [-0.4, -0.2) is 30.6 Å². The average Bonchev–Trinajstić information content (AvgIpc) is 2.28. The third-order valence-corrected chi connectivity index (χ3v) is 3.59. The molecular weight excluding hydrogens is 269 g/mol. The van der Waals surface area contributed by atoms with Crippen molar-refractivity contribution in [2.24, 2.45) is 5.92 Å². The van der Waals surface area contributed by atoms with Gasteiger partial charge in [-0.3, -0.25) is 0 Å². The van der Waals surface area contributed by atoms with E-state index in [4.69, 9.17) is 11.6 Å². The van der Waals surface area contributed by atoms with Gasteiger partial charge < -0.3 is 10.0 Å². The van der Waals surface area contributed by atoms with Gasteiger partial charge in [0, 0.05) is 17.5 Å². The lowest BCUT2D eigenvalue weighted by Crippen LogP contribution is -2.38. The first kappa shape index (κ1) is 17.7. The largest absolute Gasteiger partial charge is 0.385 e. The van der Waals surface area contributed by atoms with Crippen molar-refractivity contribution in [2.45, 2.75) is 25.9 Å². The maximum atomic E-state index is 10.8. The molecule has 4 heteroatoms. The zero-order chi connectivity index (χ0) is 13.1. The Morgan fingerprint density at radius 2 is 1.78 bits per heavy atom. The summed E-state index contributed by atoms with van der Waals surface area (Å²) in [6.45, 7) is 4.95. The monoisotopic (exact) mass is 291 g/mol. The van der Waals surface area contributed by atoms with E-state index in [1.165, 1.54) is 0 Å². The lowest BCUT2D eigenvalue weighted by atomic mass is 9.80. The summed E-state index contributed by atoms with van der Waals surface area (Å²) in [7, 11) is 4.04. The van der Waals surface area contributed by atoms with Gasteiger partial charge in [-0.2, -0.15) is 0 Å². The molecule has 2 nitrogen and oxygen atoms in total. The van der Waals surface area contributed by atoms with Crippen molar-refractivity contribution in [3.8, 4) is 0 Å². The van der Waals surface area contributed by atoms with Crippen LogP contribution in [-0.2, 0) is 5.60 Å². The molecule has 0 amide bonds. The topological polar surface area (TPSA) is 23.5 Å². The Kier molecular flexibility index (Phi) is 7.23. The van der Waals surface area contributed by atoms with Crippen molar-refractivity contribution >= 4 is 24.0 Å². The molecule has 18 heavy (non-hydrogen) atoms. The van der Waals surface area contributed by atoms with Crippen LogP contribution in [0.15, 0.2) is 24.3 Å². The first-order valence-electron chi connectivity index (χ1n) is 6.03. The van der Waals surface area contributed by atoms with Gasteiger partial charge in [-0.25, -0.2) is 0 Å². The van der Waals surface area contributed by atoms with E-state index in [2.05, 4.69) is 11.8 Å². The number of hydrogen-bond donors (Lipinski definition) is 1. The highest BCUT2D eigenvalue weighted by molar-refractivity contribution is 6.30. The Bertz CT molecular complexity index is 353. The van der Waals surface area contributed by atoms with Gasteiger partial charge in [0.05, 0.1) is 5.60 Å². The minimum Gasteiger partial charge on any atom is -0.385 e. The smallest absolute Gasteiger partial charge is 0.0931 e. The van der Waals surface area contributed by atoms with Crippen molar-refractivity contribution in [2.75, 3.05) is 20.6 Å². The van der Waals surface area contributed by atoms with Crippen LogP contribution in [0.4, 0.5) is 0 Å². The van der Waals surface area contributed by atoms with Gasteiger partial charge in [-0.15, -0.1) is 12.4 Å². The van der Waals surface area contributed by atoms with E-state index >= 15 is 0 Å². The molecule has 0 aliphatic carbocycles. The highest BCUT2D eigenvalue weighted by Gasteiger charge is 2.33.